The molecule has 0 saturated carbocycles. The van der Waals surface area contributed by atoms with E-state index in [4.69, 9.17) is 14.6 Å². The van der Waals surface area contributed by atoms with E-state index in [0.717, 1.165) is 0 Å². The molecule has 1 aliphatic rings. The van der Waals surface area contributed by atoms with E-state index in [1.54, 1.807) is 0 Å². The molecule has 5 N–H and O–H groups in total. The van der Waals surface area contributed by atoms with Crippen LogP contribution >= 0.6 is 0 Å². The van der Waals surface area contributed by atoms with Crippen molar-refractivity contribution in [1.82, 2.24) is 0 Å². The van der Waals surface area contributed by atoms with Gasteiger partial charge in [0, 0.05) is 18.8 Å². The van der Waals surface area contributed by atoms with Gasteiger partial charge in [-0.1, -0.05) is 0 Å². The third kappa shape index (κ3) is 4.94. The van der Waals surface area contributed by atoms with Crippen molar-refractivity contribution in [3.63, 3.8) is 0 Å². The Kier molecular flexibility index (Phi) is 6.78. The topological polar surface area (TPSA) is 180 Å². The third-order valence-electron chi connectivity index (χ3n) is 4.47. The van der Waals surface area contributed by atoms with E-state index < -0.39 is 67.5 Å². The van der Waals surface area contributed by atoms with Crippen molar-refractivity contribution in [3.05, 3.63) is 22.1 Å². The lowest BCUT2D eigenvalue weighted by Gasteiger charge is -2.44. The molecule has 1 fully saturated rings. The molecule has 154 valence electrons. The van der Waals surface area contributed by atoms with Gasteiger partial charge in [-0.25, -0.2) is 9.59 Å². The Morgan fingerprint density at radius 2 is 2.04 bits per heavy atom. The van der Waals surface area contributed by atoms with E-state index >= 15 is 0 Å². The Balaban J connectivity index is 2.12. The molecule has 1 aliphatic heterocycles. The Labute approximate surface area is 153 Å². The maximum absolute atomic E-state index is 12.3. The van der Waals surface area contributed by atoms with Crippen LogP contribution in [0.3, 0.4) is 0 Å². The predicted octanol–water partition coefficient (Wildman–Crippen LogP) is -1.84. The van der Waals surface area contributed by atoms with Gasteiger partial charge in [0.2, 0.25) is 0 Å². The minimum atomic E-state index is -2.55. The van der Waals surface area contributed by atoms with Crippen LogP contribution in [-0.4, -0.2) is 68.3 Å². The number of hydrogen-bond acceptors (Lipinski definition) is 11. The highest BCUT2D eigenvalue weighted by molar-refractivity contribution is 5.77. The third-order valence-corrected chi connectivity index (χ3v) is 4.47. The van der Waals surface area contributed by atoms with E-state index in [0.29, 0.717) is 0 Å². The van der Waals surface area contributed by atoms with Gasteiger partial charge in [-0.05, 0) is 13.8 Å². The fraction of sp³-hybridized carbons (Fsp3) is 0.750. The van der Waals surface area contributed by atoms with E-state index in [1.807, 2.05) is 0 Å². The van der Waals surface area contributed by atoms with Gasteiger partial charge in [0.25, 0.3) is 5.79 Å². The van der Waals surface area contributed by atoms with Crippen molar-refractivity contribution in [2.24, 2.45) is 5.92 Å². The van der Waals surface area contributed by atoms with Gasteiger partial charge < -0.3 is 43.8 Å². The summed E-state index contributed by atoms with van der Waals surface area (Å²) in [5.74, 6) is -5.64. The predicted molar refractivity (Wildman–Crippen MR) is 85.1 cm³/mol. The Morgan fingerprint density at radius 1 is 1.37 bits per heavy atom. The Hall–Kier alpha value is -1.76. The summed E-state index contributed by atoms with van der Waals surface area (Å²) in [6, 6.07) is 0. The smallest absolute Gasteiger partial charge is 0.453 e. The minimum absolute atomic E-state index is 0.0533. The number of aryl methyl sites for hydroxylation is 1. The second-order valence-corrected chi connectivity index (χ2v) is 6.61. The van der Waals surface area contributed by atoms with Crippen LogP contribution < -0.4 is 5.82 Å². The molecule has 2 heterocycles. The number of carbonyl (C=O) groups is 1. The maximum Gasteiger partial charge on any atom is 0.519 e. The second-order valence-electron chi connectivity index (χ2n) is 6.61. The molecular weight excluding hydrogens is 368 g/mol. The van der Waals surface area contributed by atoms with E-state index in [1.165, 1.54) is 13.8 Å². The number of aliphatic hydroxyl groups excluding tert-OH is 4. The average Bonchev–Trinajstić information content (AvgIpc) is 2.88. The standard InChI is InChI=1S/C16H24O11/c1-7(18)13-10(20)4-16(23,27-11(13)3-9(19)5-17)14(21)24-6-12-8(2)25-15(22)26-12/h7,9-11,13,17-20,23H,3-6H2,1-2H3/t7?,9-,10?,11?,13?,16?/m0/s1. The number of esters is 1. The SMILES string of the molecule is Cc1oc(=O)oc1COC(=O)C1(O)CC(O)C(C(C)O)C(C[C@H](O)CO)O1. The van der Waals surface area contributed by atoms with Crippen molar-refractivity contribution >= 4 is 5.97 Å². The van der Waals surface area contributed by atoms with Gasteiger partial charge >= 0.3 is 11.8 Å². The summed E-state index contributed by atoms with van der Waals surface area (Å²) in [6.07, 6.45) is -5.62. The number of hydrogen-bond donors (Lipinski definition) is 5. The van der Waals surface area contributed by atoms with Gasteiger partial charge in [-0.15, -0.1) is 0 Å². The normalized spacial score (nSPS) is 30.7. The van der Waals surface area contributed by atoms with Gasteiger partial charge in [0.05, 0.1) is 31.0 Å². The van der Waals surface area contributed by atoms with Crippen LogP contribution in [0.4, 0.5) is 0 Å². The zero-order valence-corrected chi connectivity index (χ0v) is 14.9. The highest BCUT2D eigenvalue weighted by Crippen LogP contribution is 2.36. The zero-order chi connectivity index (χ0) is 20.4. The van der Waals surface area contributed by atoms with Crippen molar-refractivity contribution in [2.45, 2.75) is 63.5 Å². The minimum Gasteiger partial charge on any atom is -0.453 e. The largest absolute Gasteiger partial charge is 0.519 e. The lowest BCUT2D eigenvalue weighted by atomic mass is 9.81. The van der Waals surface area contributed by atoms with Crippen LogP contribution in [-0.2, 0) is 20.9 Å². The van der Waals surface area contributed by atoms with Crippen LogP contribution in [0.25, 0.3) is 0 Å². The van der Waals surface area contributed by atoms with Gasteiger partial charge in [0.15, 0.2) is 18.1 Å². The highest BCUT2D eigenvalue weighted by atomic mass is 16.7. The molecule has 5 unspecified atom stereocenters. The van der Waals surface area contributed by atoms with Crippen LogP contribution in [0.1, 0.15) is 31.3 Å². The van der Waals surface area contributed by atoms with Crippen molar-refractivity contribution < 1.29 is 48.6 Å². The van der Waals surface area contributed by atoms with E-state index in [2.05, 4.69) is 8.83 Å². The molecular formula is C16H24O11. The van der Waals surface area contributed by atoms with Crippen molar-refractivity contribution in [2.75, 3.05) is 6.61 Å². The molecule has 27 heavy (non-hydrogen) atoms. The van der Waals surface area contributed by atoms with Crippen molar-refractivity contribution in [3.8, 4) is 0 Å². The van der Waals surface area contributed by atoms with E-state index in [9.17, 15) is 30.0 Å². The van der Waals surface area contributed by atoms with Gasteiger partial charge in [-0.2, -0.15) is 0 Å². The molecule has 0 spiro atoms. The molecule has 1 saturated heterocycles. The molecule has 11 heteroatoms. The summed E-state index contributed by atoms with van der Waals surface area (Å²) in [4.78, 5) is 23.3. The molecule has 0 amide bonds. The Morgan fingerprint density at radius 3 is 2.56 bits per heavy atom. The average molecular weight is 392 g/mol. The molecule has 0 aliphatic carbocycles. The lowest BCUT2D eigenvalue weighted by Crippen LogP contribution is -2.59. The number of ether oxygens (including phenoxy) is 2. The fourth-order valence-electron chi connectivity index (χ4n) is 3.11. The Bertz CT molecular complexity index is 693. The number of aliphatic hydroxyl groups is 5. The first-order chi connectivity index (χ1) is 12.6. The molecule has 11 nitrogen and oxygen atoms in total. The second kappa shape index (κ2) is 8.50. The fourth-order valence-corrected chi connectivity index (χ4v) is 3.11. The number of carbonyl (C=O) groups excluding carboxylic acids is 1. The van der Waals surface area contributed by atoms with Gasteiger partial charge in [-0.3, -0.25) is 0 Å². The maximum atomic E-state index is 12.3. The molecule has 0 bridgehead atoms. The van der Waals surface area contributed by atoms with Gasteiger partial charge in [0.1, 0.15) is 0 Å². The number of rotatable bonds is 7. The van der Waals surface area contributed by atoms with Crippen LogP contribution in [0.5, 0.6) is 0 Å². The summed E-state index contributed by atoms with van der Waals surface area (Å²) in [5.41, 5.74) is 0. The molecule has 0 aromatic carbocycles. The summed E-state index contributed by atoms with van der Waals surface area (Å²) in [5, 5.41) is 49.3. The molecule has 2 rings (SSSR count). The first kappa shape index (κ1) is 21.5. The first-order valence-electron chi connectivity index (χ1n) is 8.39. The molecule has 1 aromatic heterocycles. The van der Waals surface area contributed by atoms with E-state index in [-0.39, 0.29) is 17.9 Å². The first-order valence-corrected chi connectivity index (χ1v) is 8.39. The summed E-state index contributed by atoms with van der Waals surface area (Å²) < 4.78 is 19.5. The van der Waals surface area contributed by atoms with Crippen LogP contribution in [0.15, 0.2) is 13.6 Å². The van der Waals surface area contributed by atoms with Crippen molar-refractivity contribution in [1.29, 1.82) is 0 Å². The molecule has 1 aromatic rings. The quantitative estimate of drug-likeness (QED) is 0.329. The monoisotopic (exact) mass is 392 g/mol. The summed E-state index contributed by atoms with van der Waals surface area (Å²) >= 11 is 0. The highest BCUT2D eigenvalue weighted by Gasteiger charge is 2.53. The van der Waals surface area contributed by atoms with Crippen LogP contribution in [0.2, 0.25) is 0 Å². The van der Waals surface area contributed by atoms with Crippen LogP contribution in [0, 0.1) is 12.8 Å². The lowest BCUT2D eigenvalue weighted by molar-refractivity contribution is -0.298. The molecule has 6 atom stereocenters. The summed E-state index contributed by atoms with van der Waals surface area (Å²) in [6.45, 7) is 1.69. The molecule has 0 radical (unpaired) electrons. The summed E-state index contributed by atoms with van der Waals surface area (Å²) in [7, 11) is 0. The zero-order valence-electron chi connectivity index (χ0n) is 14.9.